The number of piperazine rings is 1. The molecule has 0 N–H and O–H groups in total. The molecule has 1 atom stereocenters. The van der Waals surface area contributed by atoms with Crippen molar-refractivity contribution in [3.8, 4) is 6.07 Å². The summed E-state index contributed by atoms with van der Waals surface area (Å²) in [5.74, 6) is 0.0594. The lowest BCUT2D eigenvalue weighted by Crippen LogP contribution is -2.51. The number of pyridine rings is 1. The van der Waals surface area contributed by atoms with Gasteiger partial charge in [0.1, 0.15) is 0 Å². The van der Waals surface area contributed by atoms with E-state index in [1.807, 2.05) is 17.9 Å². The molecule has 1 aliphatic heterocycles. The molecule has 1 aliphatic rings. The van der Waals surface area contributed by atoms with Crippen molar-refractivity contribution in [2.75, 3.05) is 26.2 Å². The number of aryl methyl sites for hydroxylation is 1. The van der Waals surface area contributed by atoms with E-state index in [2.05, 4.69) is 22.9 Å². The predicted octanol–water partition coefficient (Wildman–Crippen LogP) is 1.84. The average molecular weight is 286 g/mol. The third-order valence-corrected chi connectivity index (χ3v) is 3.90. The van der Waals surface area contributed by atoms with E-state index in [1.165, 1.54) is 0 Å². The van der Waals surface area contributed by atoms with Crippen molar-refractivity contribution in [3.63, 3.8) is 0 Å². The van der Waals surface area contributed by atoms with Crippen LogP contribution in [0.25, 0.3) is 0 Å². The van der Waals surface area contributed by atoms with Crippen LogP contribution in [0.2, 0.25) is 0 Å². The van der Waals surface area contributed by atoms with Crippen LogP contribution in [0.5, 0.6) is 0 Å². The second-order valence-electron chi connectivity index (χ2n) is 5.45. The van der Waals surface area contributed by atoms with Crippen LogP contribution in [0.1, 0.15) is 35.8 Å². The van der Waals surface area contributed by atoms with Crippen molar-refractivity contribution in [2.45, 2.75) is 32.7 Å². The number of carbonyl (C=O) groups excluding carboxylic acids is 1. The number of nitrogens with zero attached hydrogens (tertiary/aromatic N) is 4. The van der Waals surface area contributed by atoms with Gasteiger partial charge in [-0.15, -0.1) is 0 Å². The van der Waals surface area contributed by atoms with Gasteiger partial charge in [0.25, 0.3) is 5.91 Å². The van der Waals surface area contributed by atoms with Crippen LogP contribution < -0.4 is 0 Å². The molecule has 1 amide bonds. The second-order valence-corrected chi connectivity index (χ2v) is 5.45. The predicted molar refractivity (Wildman–Crippen MR) is 80.8 cm³/mol. The number of carbonyl (C=O) groups is 1. The first-order valence-electron chi connectivity index (χ1n) is 7.51. The molecule has 0 radical (unpaired) electrons. The molecule has 1 aromatic heterocycles. The van der Waals surface area contributed by atoms with Crippen molar-refractivity contribution in [1.29, 1.82) is 5.26 Å². The average Bonchev–Trinajstić information content (AvgIpc) is 2.52. The molecule has 0 aromatic carbocycles. The molecule has 21 heavy (non-hydrogen) atoms. The monoisotopic (exact) mass is 286 g/mol. The van der Waals surface area contributed by atoms with Crippen LogP contribution in [0.3, 0.4) is 0 Å². The van der Waals surface area contributed by atoms with E-state index in [4.69, 9.17) is 0 Å². The van der Waals surface area contributed by atoms with E-state index in [9.17, 15) is 10.1 Å². The Morgan fingerprint density at radius 2 is 2.14 bits per heavy atom. The number of nitriles is 1. The van der Waals surface area contributed by atoms with Crippen molar-refractivity contribution in [3.05, 3.63) is 29.6 Å². The molecule has 0 saturated carbocycles. The first-order chi connectivity index (χ1) is 10.2. The van der Waals surface area contributed by atoms with Gasteiger partial charge >= 0.3 is 0 Å². The third kappa shape index (κ3) is 3.79. The molecule has 112 valence electrons. The van der Waals surface area contributed by atoms with Gasteiger partial charge in [-0.3, -0.25) is 14.7 Å². The fourth-order valence-corrected chi connectivity index (χ4v) is 2.70. The summed E-state index contributed by atoms with van der Waals surface area (Å²) in [6, 6.07) is 5.94. The van der Waals surface area contributed by atoms with Gasteiger partial charge in [-0.1, -0.05) is 13.3 Å². The van der Waals surface area contributed by atoms with Crippen LogP contribution in [0, 0.1) is 18.3 Å². The highest BCUT2D eigenvalue weighted by Gasteiger charge is 2.26. The molecule has 0 aliphatic carbocycles. The van der Waals surface area contributed by atoms with Gasteiger partial charge in [0, 0.05) is 43.6 Å². The van der Waals surface area contributed by atoms with Crippen molar-refractivity contribution in [1.82, 2.24) is 14.8 Å². The fourth-order valence-electron chi connectivity index (χ4n) is 2.70. The van der Waals surface area contributed by atoms with Crippen LogP contribution in [-0.2, 0) is 0 Å². The highest BCUT2D eigenvalue weighted by Crippen LogP contribution is 2.13. The summed E-state index contributed by atoms with van der Waals surface area (Å²) < 4.78 is 0. The van der Waals surface area contributed by atoms with Crippen LogP contribution >= 0.6 is 0 Å². The quantitative estimate of drug-likeness (QED) is 0.847. The van der Waals surface area contributed by atoms with Gasteiger partial charge in [-0.05, 0) is 25.5 Å². The molecule has 1 saturated heterocycles. The Morgan fingerprint density at radius 1 is 1.43 bits per heavy atom. The highest BCUT2D eigenvalue weighted by molar-refractivity contribution is 5.94. The summed E-state index contributed by atoms with van der Waals surface area (Å²) >= 11 is 0. The summed E-state index contributed by atoms with van der Waals surface area (Å²) in [6.45, 7) is 6.89. The molecule has 1 unspecified atom stereocenters. The minimum absolute atomic E-state index is 0.0181. The molecule has 1 fully saturated rings. The van der Waals surface area contributed by atoms with Crippen LogP contribution in [0.15, 0.2) is 18.3 Å². The standard InChI is InChI=1S/C16H22N4O/c1-3-4-15(12-17)19-7-9-20(10-8-19)16(21)14-5-6-18-13(2)11-14/h5-6,11,15H,3-4,7-10H2,1-2H3. The SMILES string of the molecule is CCCC(C#N)N1CCN(C(=O)c2ccnc(C)c2)CC1. The van der Waals surface area contributed by atoms with E-state index in [1.54, 1.807) is 12.3 Å². The second kappa shape index (κ2) is 7.19. The van der Waals surface area contributed by atoms with Gasteiger partial charge < -0.3 is 4.90 Å². The van der Waals surface area contributed by atoms with E-state index < -0.39 is 0 Å². The Balaban J connectivity index is 1.95. The summed E-state index contributed by atoms with van der Waals surface area (Å²) in [5.41, 5.74) is 1.55. The van der Waals surface area contributed by atoms with Gasteiger partial charge in [0.2, 0.25) is 0 Å². The number of hydrogen-bond donors (Lipinski definition) is 0. The van der Waals surface area contributed by atoms with Crippen molar-refractivity contribution in [2.24, 2.45) is 0 Å². The summed E-state index contributed by atoms with van der Waals surface area (Å²) in [5, 5.41) is 9.21. The molecule has 5 heteroatoms. The van der Waals surface area contributed by atoms with Gasteiger partial charge in [-0.2, -0.15) is 5.26 Å². The Hall–Kier alpha value is -1.93. The number of aromatic nitrogens is 1. The van der Waals surface area contributed by atoms with E-state index >= 15 is 0 Å². The highest BCUT2D eigenvalue weighted by atomic mass is 16.2. The molecule has 0 bridgehead atoms. The smallest absolute Gasteiger partial charge is 0.254 e. The van der Waals surface area contributed by atoms with E-state index in [-0.39, 0.29) is 11.9 Å². The van der Waals surface area contributed by atoms with Crippen molar-refractivity contribution < 1.29 is 4.79 Å². The number of hydrogen-bond acceptors (Lipinski definition) is 4. The largest absolute Gasteiger partial charge is 0.336 e. The maximum absolute atomic E-state index is 12.4. The first kappa shape index (κ1) is 15.5. The molecule has 0 spiro atoms. The van der Waals surface area contributed by atoms with Gasteiger partial charge in [-0.25, -0.2) is 0 Å². The molecule has 2 rings (SSSR count). The normalized spacial score (nSPS) is 17.3. The summed E-state index contributed by atoms with van der Waals surface area (Å²) in [4.78, 5) is 20.6. The lowest BCUT2D eigenvalue weighted by Gasteiger charge is -2.37. The minimum atomic E-state index is -0.0181. The fraction of sp³-hybridized carbons (Fsp3) is 0.562. The zero-order chi connectivity index (χ0) is 15.2. The van der Waals surface area contributed by atoms with Crippen LogP contribution in [0.4, 0.5) is 0 Å². The van der Waals surface area contributed by atoms with E-state index in [0.29, 0.717) is 18.7 Å². The molecule has 5 nitrogen and oxygen atoms in total. The Labute approximate surface area is 126 Å². The Bertz CT molecular complexity index is 529. The molecule has 2 heterocycles. The maximum Gasteiger partial charge on any atom is 0.254 e. The van der Waals surface area contributed by atoms with Crippen molar-refractivity contribution >= 4 is 5.91 Å². The minimum Gasteiger partial charge on any atom is -0.336 e. The number of amides is 1. The molecular formula is C16H22N4O. The lowest BCUT2D eigenvalue weighted by molar-refractivity contribution is 0.0601. The van der Waals surface area contributed by atoms with Gasteiger partial charge in [0.05, 0.1) is 12.1 Å². The molecular weight excluding hydrogens is 264 g/mol. The lowest BCUT2D eigenvalue weighted by atomic mass is 10.1. The maximum atomic E-state index is 12.4. The summed E-state index contributed by atoms with van der Waals surface area (Å²) in [6.07, 6.45) is 3.58. The van der Waals surface area contributed by atoms with E-state index in [0.717, 1.165) is 31.6 Å². The topological polar surface area (TPSA) is 60.2 Å². The number of rotatable bonds is 4. The Morgan fingerprint density at radius 3 is 2.71 bits per heavy atom. The first-order valence-corrected chi connectivity index (χ1v) is 7.51. The Kier molecular flexibility index (Phi) is 5.29. The zero-order valence-corrected chi connectivity index (χ0v) is 12.7. The summed E-state index contributed by atoms with van der Waals surface area (Å²) in [7, 11) is 0. The third-order valence-electron chi connectivity index (χ3n) is 3.90. The van der Waals surface area contributed by atoms with Gasteiger partial charge in [0.15, 0.2) is 0 Å². The molecule has 1 aromatic rings. The zero-order valence-electron chi connectivity index (χ0n) is 12.7. The van der Waals surface area contributed by atoms with Crippen LogP contribution in [-0.4, -0.2) is 52.9 Å².